The number of benzene rings is 1. The summed E-state index contributed by atoms with van der Waals surface area (Å²) in [4.78, 5) is 26.2. The zero-order valence-electron chi connectivity index (χ0n) is 11.9. The summed E-state index contributed by atoms with van der Waals surface area (Å²) in [6.45, 7) is 4.21. The molecule has 0 unspecified atom stereocenters. The Morgan fingerprint density at radius 1 is 0.850 bits per heavy atom. The van der Waals surface area contributed by atoms with Crippen LogP contribution in [0.25, 0.3) is 0 Å². The molecule has 4 aliphatic rings. The molecule has 0 spiro atoms. The predicted octanol–water partition coefficient (Wildman–Crippen LogP) is 2.29. The van der Waals surface area contributed by atoms with Gasteiger partial charge in [0, 0.05) is 18.9 Å². The lowest BCUT2D eigenvalue weighted by atomic mass is 9.59. The second kappa shape index (κ2) is 3.60. The second-order valence-electron chi connectivity index (χ2n) is 6.25. The van der Waals surface area contributed by atoms with Gasteiger partial charge in [0.2, 0.25) is 11.8 Å². The van der Waals surface area contributed by atoms with Gasteiger partial charge in [-0.3, -0.25) is 14.5 Å². The first kappa shape index (κ1) is 11.9. The highest BCUT2D eigenvalue weighted by Crippen LogP contribution is 2.56. The van der Waals surface area contributed by atoms with Crippen LogP contribution in [0.1, 0.15) is 34.1 Å². The summed E-state index contributed by atoms with van der Waals surface area (Å²) >= 11 is 0. The van der Waals surface area contributed by atoms with Crippen molar-refractivity contribution in [1.82, 2.24) is 4.90 Å². The molecule has 0 saturated carbocycles. The average Bonchev–Trinajstić information content (AvgIpc) is 2.69. The largest absolute Gasteiger partial charge is 0.285 e. The number of rotatable bonds is 0. The summed E-state index contributed by atoms with van der Waals surface area (Å²) < 4.78 is 0. The topological polar surface area (TPSA) is 37.4 Å². The standard InChI is InChI=1S/C17H17NO2/c1-8-4-5-9(2)13-11-7-6-10(12(8)13)14-15(11)17(20)18(3)16(14)19/h4-7,10-11,14-15H,1-3H3/t10-,11+,14+,15-. The van der Waals surface area contributed by atoms with E-state index in [1.54, 1.807) is 7.05 Å². The fourth-order valence-corrected chi connectivity index (χ4v) is 4.39. The average molecular weight is 267 g/mol. The molecule has 0 radical (unpaired) electrons. The smallest absolute Gasteiger partial charge is 0.233 e. The van der Waals surface area contributed by atoms with E-state index in [4.69, 9.17) is 0 Å². The highest BCUT2D eigenvalue weighted by molar-refractivity contribution is 6.07. The van der Waals surface area contributed by atoms with Crippen LogP contribution in [-0.4, -0.2) is 23.8 Å². The van der Waals surface area contributed by atoms with Gasteiger partial charge in [-0.2, -0.15) is 0 Å². The molecule has 1 saturated heterocycles. The van der Waals surface area contributed by atoms with Crippen LogP contribution in [-0.2, 0) is 9.59 Å². The number of imide groups is 1. The molecule has 2 bridgehead atoms. The fourth-order valence-electron chi connectivity index (χ4n) is 4.39. The maximum Gasteiger partial charge on any atom is 0.233 e. The molecule has 102 valence electrons. The van der Waals surface area contributed by atoms with Gasteiger partial charge in [0.15, 0.2) is 0 Å². The lowest BCUT2D eigenvalue weighted by Gasteiger charge is -2.42. The van der Waals surface area contributed by atoms with E-state index in [0.717, 1.165) is 0 Å². The Labute approximate surface area is 118 Å². The van der Waals surface area contributed by atoms with Crippen molar-refractivity contribution in [3.05, 3.63) is 46.5 Å². The molecule has 0 N–H and O–H groups in total. The first-order chi connectivity index (χ1) is 9.52. The van der Waals surface area contributed by atoms with Gasteiger partial charge in [-0.05, 0) is 36.1 Å². The second-order valence-corrected chi connectivity index (χ2v) is 6.25. The number of likely N-dealkylation sites (tertiary alicyclic amines) is 1. The van der Waals surface area contributed by atoms with Crippen molar-refractivity contribution in [2.75, 3.05) is 7.05 Å². The van der Waals surface area contributed by atoms with Crippen molar-refractivity contribution in [2.45, 2.75) is 25.7 Å². The van der Waals surface area contributed by atoms with Gasteiger partial charge in [-0.15, -0.1) is 0 Å². The van der Waals surface area contributed by atoms with Crippen molar-refractivity contribution in [1.29, 1.82) is 0 Å². The van der Waals surface area contributed by atoms with Crippen LogP contribution < -0.4 is 0 Å². The molecular formula is C17H17NO2. The minimum atomic E-state index is -0.185. The van der Waals surface area contributed by atoms with E-state index in [2.05, 4.69) is 38.1 Å². The summed E-state index contributed by atoms with van der Waals surface area (Å²) in [7, 11) is 1.62. The van der Waals surface area contributed by atoms with Gasteiger partial charge in [0.1, 0.15) is 0 Å². The van der Waals surface area contributed by atoms with Crippen molar-refractivity contribution < 1.29 is 9.59 Å². The first-order valence-corrected chi connectivity index (χ1v) is 7.12. The van der Waals surface area contributed by atoms with Crippen molar-refractivity contribution in [2.24, 2.45) is 11.8 Å². The van der Waals surface area contributed by atoms with E-state index in [9.17, 15) is 9.59 Å². The Bertz CT molecular complexity index is 631. The van der Waals surface area contributed by atoms with E-state index in [1.807, 2.05) is 0 Å². The number of carbonyl (C=O) groups is 2. The molecule has 2 amide bonds. The van der Waals surface area contributed by atoms with Crippen LogP contribution in [0.5, 0.6) is 0 Å². The molecular weight excluding hydrogens is 250 g/mol. The van der Waals surface area contributed by atoms with Crippen LogP contribution in [0.15, 0.2) is 24.3 Å². The summed E-state index contributed by atoms with van der Waals surface area (Å²) in [5.74, 6) is -0.245. The summed E-state index contributed by atoms with van der Waals surface area (Å²) in [5.41, 5.74) is 5.04. The van der Waals surface area contributed by atoms with E-state index in [-0.39, 0.29) is 35.5 Å². The SMILES string of the molecule is Cc1ccc(C)c2c1[C@H]1C=C[C@@H]2[C@H]2C(=O)N(C)C(=O)[C@H]21. The van der Waals surface area contributed by atoms with Gasteiger partial charge < -0.3 is 0 Å². The Balaban J connectivity index is 2.00. The Kier molecular flexibility index (Phi) is 2.14. The number of amides is 2. The lowest BCUT2D eigenvalue weighted by Crippen LogP contribution is -2.38. The molecule has 1 aromatic rings. The minimum absolute atomic E-state index is 0.00842. The van der Waals surface area contributed by atoms with Gasteiger partial charge in [0.05, 0.1) is 11.8 Å². The predicted molar refractivity (Wildman–Crippen MR) is 75.3 cm³/mol. The fraction of sp³-hybridized carbons (Fsp3) is 0.412. The maximum absolute atomic E-state index is 12.4. The molecule has 1 aromatic carbocycles. The van der Waals surface area contributed by atoms with Crippen molar-refractivity contribution in [3.63, 3.8) is 0 Å². The summed E-state index contributed by atoms with van der Waals surface area (Å²) in [6, 6.07) is 4.26. The molecule has 1 aliphatic heterocycles. The quantitative estimate of drug-likeness (QED) is 0.534. The van der Waals surface area contributed by atoms with E-state index < -0.39 is 0 Å². The monoisotopic (exact) mass is 267 g/mol. The normalized spacial score (nSPS) is 33.6. The zero-order chi connectivity index (χ0) is 14.2. The van der Waals surface area contributed by atoms with Crippen LogP contribution in [0, 0.1) is 25.7 Å². The Hall–Kier alpha value is -1.90. The van der Waals surface area contributed by atoms with E-state index >= 15 is 0 Å². The Morgan fingerprint density at radius 2 is 1.25 bits per heavy atom. The highest BCUT2D eigenvalue weighted by atomic mass is 16.2. The van der Waals surface area contributed by atoms with Gasteiger partial charge in [-0.1, -0.05) is 24.3 Å². The number of aryl methyl sites for hydroxylation is 2. The number of hydrogen-bond donors (Lipinski definition) is 0. The third-order valence-electron chi connectivity index (χ3n) is 5.31. The molecule has 1 fully saturated rings. The third kappa shape index (κ3) is 1.17. The maximum atomic E-state index is 12.4. The van der Waals surface area contributed by atoms with Crippen LogP contribution in [0.2, 0.25) is 0 Å². The highest BCUT2D eigenvalue weighted by Gasteiger charge is 2.57. The number of nitrogens with zero attached hydrogens (tertiary/aromatic N) is 1. The summed E-state index contributed by atoms with van der Waals surface area (Å²) in [6.07, 6.45) is 4.29. The lowest BCUT2D eigenvalue weighted by molar-refractivity contribution is -0.138. The molecule has 3 nitrogen and oxygen atoms in total. The van der Waals surface area contributed by atoms with Crippen molar-refractivity contribution >= 4 is 11.8 Å². The number of carbonyl (C=O) groups excluding carboxylic acids is 2. The Morgan fingerprint density at radius 3 is 1.65 bits per heavy atom. The van der Waals surface area contributed by atoms with Gasteiger partial charge >= 0.3 is 0 Å². The summed E-state index contributed by atoms with van der Waals surface area (Å²) in [5, 5.41) is 0. The molecule has 3 aliphatic carbocycles. The number of hydrogen-bond acceptors (Lipinski definition) is 2. The number of allylic oxidation sites excluding steroid dienone is 2. The van der Waals surface area contributed by atoms with E-state index in [1.165, 1.54) is 27.2 Å². The zero-order valence-corrected chi connectivity index (χ0v) is 11.9. The van der Waals surface area contributed by atoms with Crippen LogP contribution >= 0.6 is 0 Å². The molecule has 4 atom stereocenters. The molecule has 3 heteroatoms. The van der Waals surface area contributed by atoms with Crippen LogP contribution in [0.4, 0.5) is 0 Å². The van der Waals surface area contributed by atoms with Gasteiger partial charge in [0.25, 0.3) is 0 Å². The molecule has 20 heavy (non-hydrogen) atoms. The van der Waals surface area contributed by atoms with Crippen LogP contribution in [0.3, 0.4) is 0 Å². The molecule has 5 rings (SSSR count). The van der Waals surface area contributed by atoms with Gasteiger partial charge in [-0.25, -0.2) is 0 Å². The minimum Gasteiger partial charge on any atom is -0.285 e. The van der Waals surface area contributed by atoms with E-state index in [0.29, 0.717) is 0 Å². The third-order valence-corrected chi connectivity index (χ3v) is 5.31. The first-order valence-electron chi connectivity index (χ1n) is 7.12. The molecule has 1 heterocycles. The van der Waals surface area contributed by atoms with Crippen molar-refractivity contribution in [3.8, 4) is 0 Å². The molecule has 0 aromatic heterocycles.